The summed E-state index contributed by atoms with van der Waals surface area (Å²) in [6.07, 6.45) is 4.63. The quantitative estimate of drug-likeness (QED) is 0.426. The molecule has 2 N–H and O–H groups in total. The smallest absolute Gasteiger partial charge is 0.303 e. The maximum Gasteiger partial charge on any atom is 0.303 e. The number of alkyl halides is 2. The molecule has 0 spiro atoms. The van der Waals surface area contributed by atoms with E-state index in [1.165, 1.54) is 6.08 Å². The van der Waals surface area contributed by atoms with Gasteiger partial charge >= 0.3 is 5.97 Å². The number of fused-ring (bicyclic) bond motifs is 1. The summed E-state index contributed by atoms with van der Waals surface area (Å²) >= 11 is 0. The summed E-state index contributed by atoms with van der Waals surface area (Å²) < 4.78 is 34.6. The first-order chi connectivity index (χ1) is 12.8. The number of aliphatic hydroxyl groups is 1. The van der Waals surface area contributed by atoms with Gasteiger partial charge in [0.15, 0.2) is 6.17 Å². The van der Waals surface area contributed by atoms with Crippen molar-refractivity contribution in [1.29, 1.82) is 0 Å². The minimum absolute atomic E-state index is 0.0519. The normalized spacial score (nSPS) is 34.0. The van der Waals surface area contributed by atoms with Gasteiger partial charge in [0.2, 0.25) is 0 Å². The van der Waals surface area contributed by atoms with E-state index in [2.05, 4.69) is 0 Å². The zero-order valence-corrected chi connectivity index (χ0v) is 16.2. The largest absolute Gasteiger partial charge is 0.492 e. The molecule has 4 nitrogen and oxygen atoms in total. The van der Waals surface area contributed by atoms with Crippen LogP contribution in [-0.4, -0.2) is 40.7 Å². The molecular formula is C21H32F2O4. The molecule has 0 aromatic heterocycles. The maximum absolute atomic E-state index is 14.9. The predicted octanol–water partition coefficient (Wildman–Crippen LogP) is 4.58. The maximum atomic E-state index is 14.9. The molecule has 0 aromatic carbocycles. The number of aliphatic carboxylic acids is 1. The van der Waals surface area contributed by atoms with E-state index < -0.39 is 24.4 Å². The number of ether oxygens (including phenoxy) is 1. The first-order valence-electron chi connectivity index (χ1n) is 10.1. The van der Waals surface area contributed by atoms with Crippen LogP contribution in [0, 0.1) is 17.8 Å². The van der Waals surface area contributed by atoms with E-state index in [1.807, 2.05) is 13.8 Å². The molecule has 6 heteroatoms. The summed E-state index contributed by atoms with van der Waals surface area (Å²) in [7, 11) is 0. The van der Waals surface area contributed by atoms with Gasteiger partial charge in [-0.15, -0.1) is 0 Å². The monoisotopic (exact) mass is 386 g/mol. The molecule has 2 rings (SSSR count). The van der Waals surface area contributed by atoms with Crippen LogP contribution in [0.25, 0.3) is 0 Å². The molecule has 154 valence electrons. The molecule has 0 aromatic rings. The zero-order valence-electron chi connectivity index (χ0n) is 16.2. The first-order valence-corrected chi connectivity index (χ1v) is 10.1. The van der Waals surface area contributed by atoms with Crippen molar-refractivity contribution in [3.05, 3.63) is 24.0 Å². The van der Waals surface area contributed by atoms with Gasteiger partial charge in [0, 0.05) is 12.3 Å². The van der Waals surface area contributed by atoms with Crippen molar-refractivity contribution in [2.45, 2.75) is 83.3 Å². The fourth-order valence-electron chi connectivity index (χ4n) is 4.16. The van der Waals surface area contributed by atoms with Crippen LogP contribution >= 0.6 is 0 Å². The van der Waals surface area contributed by atoms with Crippen LogP contribution in [0.3, 0.4) is 0 Å². The van der Waals surface area contributed by atoms with Gasteiger partial charge in [-0.25, -0.2) is 8.78 Å². The van der Waals surface area contributed by atoms with Crippen LogP contribution in [0.2, 0.25) is 0 Å². The number of carboxylic acid groups (broad SMARTS) is 1. The van der Waals surface area contributed by atoms with Gasteiger partial charge in [-0.05, 0) is 43.6 Å². The lowest BCUT2D eigenvalue weighted by atomic mass is 9.86. The molecule has 2 aliphatic rings. The molecule has 1 saturated heterocycles. The lowest BCUT2D eigenvalue weighted by Crippen LogP contribution is -2.24. The van der Waals surface area contributed by atoms with Crippen molar-refractivity contribution in [2.75, 3.05) is 0 Å². The Morgan fingerprint density at radius 1 is 1.41 bits per heavy atom. The molecule has 2 unspecified atom stereocenters. The summed E-state index contributed by atoms with van der Waals surface area (Å²) in [5.74, 6) is -0.806. The third kappa shape index (κ3) is 5.77. The Morgan fingerprint density at radius 2 is 2.15 bits per heavy atom. The van der Waals surface area contributed by atoms with Gasteiger partial charge < -0.3 is 14.9 Å². The number of halogens is 2. The number of allylic oxidation sites excluding steroid dienone is 3. The number of hydrogen-bond donors (Lipinski definition) is 2. The number of hydrogen-bond acceptors (Lipinski definition) is 3. The highest BCUT2D eigenvalue weighted by atomic mass is 19.1. The van der Waals surface area contributed by atoms with Crippen LogP contribution in [0.1, 0.15) is 58.8 Å². The highest BCUT2D eigenvalue weighted by molar-refractivity contribution is 5.66. The van der Waals surface area contributed by atoms with Crippen molar-refractivity contribution in [2.24, 2.45) is 17.8 Å². The average molecular weight is 386 g/mol. The van der Waals surface area contributed by atoms with E-state index in [4.69, 9.17) is 9.84 Å². The van der Waals surface area contributed by atoms with Gasteiger partial charge in [0.05, 0.1) is 0 Å². The van der Waals surface area contributed by atoms with Gasteiger partial charge in [0.25, 0.3) is 0 Å². The number of aliphatic hydroxyl groups excluding tert-OH is 1. The summed E-state index contributed by atoms with van der Waals surface area (Å²) in [6, 6.07) is 0. The van der Waals surface area contributed by atoms with Gasteiger partial charge in [-0.3, -0.25) is 4.79 Å². The Balaban J connectivity index is 1.95. The fourth-order valence-corrected chi connectivity index (χ4v) is 4.16. The molecule has 1 heterocycles. The highest BCUT2D eigenvalue weighted by Crippen LogP contribution is 2.49. The second kappa shape index (κ2) is 10.2. The standard InChI is InChI=1S/C21H32F2O4/c1-3-4-7-15(22)16(24)11-10-14-13(2)12-18-20(14)21(23)17(27-18)8-5-6-9-19(25)26/h8,10-11,13-16,18,20-21,24H,3-7,9,12H2,1-2H3,(H,25,26)/t13-,14+,15?,16-,18+,20-,21?/m1/s1. The summed E-state index contributed by atoms with van der Waals surface area (Å²) in [6.45, 7) is 4.00. The van der Waals surface area contributed by atoms with Crippen molar-refractivity contribution in [1.82, 2.24) is 0 Å². The summed E-state index contributed by atoms with van der Waals surface area (Å²) in [4.78, 5) is 10.6. The fraction of sp³-hybridized carbons (Fsp3) is 0.762. The Labute approximate surface area is 160 Å². The summed E-state index contributed by atoms with van der Waals surface area (Å²) in [5, 5.41) is 18.7. The predicted molar refractivity (Wildman–Crippen MR) is 99.7 cm³/mol. The number of unbranched alkanes of at least 4 members (excludes halogenated alkanes) is 2. The Bertz CT molecular complexity index is 548. The second-order valence-corrected chi connectivity index (χ2v) is 7.85. The van der Waals surface area contributed by atoms with Crippen molar-refractivity contribution in [3.8, 4) is 0 Å². The van der Waals surface area contributed by atoms with Crippen LogP contribution in [0.15, 0.2) is 24.0 Å². The molecule has 1 aliphatic carbocycles. The summed E-state index contributed by atoms with van der Waals surface area (Å²) in [5.41, 5.74) is 0. The Hall–Kier alpha value is -1.43. The van der Waals surface area contributed by atoms with E-state index in [-0.39, 0.29) is 30.3 Å². The number of carbonyl (C=O) groups is 1. The molecule has 27 heavy (non-hydrogen) atoms. The van der Waals surface area contributed by atoms with Crippen molar-refractivity contribution >= 4 is 5.97 Å². The van der Waals surface area contributed by atoms with Crippen molar-refractivity contribution in [3.63, 3.8) is 0 Å². The molecule has 2 fully saturated rings. The van der Waals surface area contributed by atoms with E-state index in [1.54, 1.807) is 12.2 Å². The second-order valence-electron chi connectivity index (χ2n) is 7.85. The van der Waals surface area contributed by atoms with E-state index in [9.17, 15) is 18.7 Å². The minimum atomic E-state index is -1.29. The molecule has 7 atom stereocenters. The highest BCUT2D eigenvalue weighted by Gasteiger charge is 2.52. The van der Waals surface area contributed by atoms with E-state index >= 15 is 0 Å². The van der Waals surface area contributed by atoms with Crippen LogP contribution in [0.5, 0.6) is 0 Å². The molecule has 0 radical (unpaired) electrons. The molecule has 0 amide bonds. The van der Waals surface area contributed by atoms with E-state index in [0.29, 0.717) is 25.0 Å². The third-order valence-electron chi connectivity index (χ3n) is 5.71. The topological polar surface area (TPSA) is 66.8 Å². The first kappa shape index (κ1) is 21.9. The minimum Gasteiger partial charge on any atom is -0.492 e. The Kier molecular flexibility index (Phi) is 8.27. The number of carboxylic acids is 1. The van der Waals surface area contributed by atoms with Crippen molar-refractivity contribution < 1.29 is 28.5 Å². The van der Waals surface area contributed by atoms with Crippen LogP contribution in [0.4, 0.5) is 8.78 Å². The molecule has 0 bridgehead atoms. The van der Waals surface area contributed by atoms with Crippen LogP contribution in [-0.2, 0) is 9.53 Å². The zero-order chi connectivity index (χ0) is 20.0. The van der Waals surface area contributed by atoms with E-state index in [0.717, 1.165) is 19.3 Å². The number of rotatable bonds is 10. The lowest BCUT2D eigenvalue weighted by Gasteiger charge is -2.20. The van der Waals surface area contributed by atoms with Gasteiger partial charge in [-0.2, -0.15) is 0 Å². The average Bonchev–Trinajstić information content (AvgIpc) is 3.09. The lowest BCUT2D eigenvalue weighted by molar-refractivity contribution is -0.137. The Morgan fingerprint density at radius 3 is 2.81 bits per heavy atom. The molecule has 1 saturated carbocycles. The molecule has 1 aliphatic heterocycles. The van der Waals surface area contributed by atoms with Gasteiger partial charge in [0.1, 0.15) is 24.1 Å². The third-order valence-corrected chi connectivity index (χ3v) is 5.71. The van der Waals surface area contributed by atoms with Crippen LogP contribution < -0.4 is 0 Å². The molecular weight excluding hydrogens is 354 g/mol. The SMILES string of the molecule is CCCCC(F)[C@H](O)C=C[C@@H]1[C@H]2C(F)C(=CCCCC(=O)O)O[C@H]2C[C@H]1C. The van der Waals surface area contributed by atoms with Gasteiger partial charge in [-0.1, -0.05) is 38.8 Å².